The van der Waals surface area contributed by atoms with Gasteiger partial charge in [0.2, 0.25) is 0 Å². The lowest BCUT2D eigenvalue weighted by Gasteiger charge is -2.08. The lowest BCUT2D eigenvalue weighted by Crippen LogP contribution is -2.13. The van der Waals surface area contributed by atoms with E-state index in [1.165, 1.54) is 6.92 Å². The molecule has 0 amide bonds. The van der Waals surface area contributed by atoms with Gasteiger partial charge in [0.15, 0.2) is 11.6 Å². The first-order valence-corrected chi connectivity index (χ1v) is 3.85. The third kappa shape index (κ3) is 2.99. The zero-order chi connectivity index (χ0) is 9.84. The van der Waals surface area contributed by atoms with Crippen LogP contribution < -0.4 is 4.74 Å². The molecular formula is C9H10F2O2. The van der Waals surface area contributed by atoms with E-state index in [1.807, 2.05) is 0 Å². The second kappa shape index (κ2) is 4.18. The van der Waals surface area contributed by atoms with E-state index < -0.39 is 17.7 Å². The van der Waals surface area contributed by atoms with Gasteiger partial charge in [-0.1, -0.05) is 0 Å². The number of hydrogen-bond acceptors (Lipinski definition) is 2. The minimum absolute atomic E-state index is 0.0552. The monoisotopic (exact) mass is 188 g/mol. The molecule has 1 N–H and O–H groups in total. The van der Waals surface area contributed by atoms with E-state index in [4.69, 9.17) is 9.84 Å². The molecule has 0 radical (unpaired) electrons. The van der Waals surface area contributed by atoms with Crippen molar-refractivity contribution in [2.24, 2.45) is 0 Å². The third-order valence-corrected chi connectivity index (χ3v) is 1.37. The molecule has 0 fully saturated rings. The van der Waals surface area contributed by atoms with Gasteiger partial charge in [0.25, 0.3) is 0 Å². The molecule has 1 aromatic rings. The van der Waals surface area contributed by atoms with Crippen molar-refractivity contribution < 1.29 is 18.6 Å². The molecule has 13 heavy (non-hydrogen) atoms. The molecule has 72 valence electrons. The Balaban J connectivity index is 2.70. The van der Waals surface area contributed by atoms with Crippen LogP contribution in [0.3, 0.4) is 0 Å². The third-order valence-electron chi connectivity index (χ3n) is 1.37. The number of aliphatic hydroxyl groups is 1. The largest absolute Gasteiger partial charge is 0.488 e. The van der Waals surface area contributed by atoms with Gasteiger partial charge in [0.05, 0.1) is 6.10 Å². The Hall–Kier alpha value is -1.16. The molecule has 1 aromatic carbocycles. The fourth-order valence-electron chi connectivity index (χ4n) is 0.798. The van der Waals surface area contributed by atoms with Gasteiger partial charge in [0, 0.05) is 6.07 Å². The summed E-state index contributed by atoms with van der Waals surface area (Å²) < 4.78 is 30.2. The second-order valence-electron chi connectivity index (χ2n) is 2.73. The number of rotatable bonds is 3. The van der Waals surface area contributed by atoms with Crippen molar-refractivity contribution in [2.75, 3.05) is 6.61 Å². The molecule has 0 spiro atoms. The van der Waals surface area contributed by atoms with Crippen molar-refractivity contribution in [2.45, 2.75) is 13.0 Å². The smallest absolute Gasteiger partial charge is 0.165 e. The SMILES string of the molecule is C[C@@H](O)COc1cc(F)ccc1F. The Bertz CT molecular complexity index is 287. The van der Waals surface area contributed by atoms with E-state index >= 15 is 0 Å². The van der Waals surface area contributed by atoms with Gasteiger partial charge < -0.3 is 9.84 Å². The summed E-state index contributed by atoms with van der Waals surface area (Å²) in [6.07, 6.45) is -0.706. The maximum atomic E-state index is 12.8. The van der Waals surface area contributed by atoms with Crippen molar-refractivity contribution in [1.82, 2.24) is 0 Å². The number of hydrogen-bond donors (Lipinski definition) is 1. The average Bonchev–Trinajstić information content (AvgIpc) is 2.06. The van der Waals surface area contributed by atoms with Crippen LogP contribution in [0.15, 0.2) is 18.2 Å². The summed E-state index contributed by atoms with van der Waals surface area (Å²) in [5.74, 6) is -1.38. The molecular weight excluding hydrogens is 178 g/mol. The van der Waals surface area contributed by atoms with Gasteiger partial charge in [-0.3, -0.25) is 0 Å². The van der Waals surface area contributed by atoms with Crippen molar-refractivity contribution in [3.63, 3.8) is 0 Å². The average molecular weight is 188 g/mol. The Kier molecular flexibility index (Phi) is 3.19. The topological polar surface area (TPSA) is 29.5 Å². The van der Waals surface area contributed by atoms with Crippen molar-refractivity contribution in [3.05, 3.63) is 29.8 Å². The maximum Gasteiger partial charge on any atom is 0.165 e. The van der Waals surface area contributed by atoms with Crippen molar-refractivity contribution in [3.8, 4) is 5.75 Å². The summed E-state index contributed by atoms with van der Waals surface area (Å²) in [5, 5.41) is 8.83. The highest BCUT2D eigenvalue weighted by Crippen LogP contribution is 2.17. The second-order valence-corrected chi connectivity index (χ2v) is 2.73. The van der Waals surface area contributed by atoms with Crippen LogP contribution >= 0.6 is 0 Å². The van der Waals surface area contributed by atoms with Crippen LogP contribution in [0.1, 0.15) is 6.92 Å². The van der Waals surface area contributed by atoms with Gasteiger partial charge in [-0.05, 0) is 19.1 Å². The summed E-state index contributed by atoms with van der Waals surface area (Å²) in [7, 11) is 0. The van der Waals surface area contributed by atoms with E-state index in [2.05, 4.69) is 0 Å². The van der Waals surface area contributed by atoms with E-state index in [1.54, 1.807) is 0 Å². The lowest BCUT2D eigenvalue weighted by molar-refractivity contribution is 0.120. The molecule has 0 unspecified atom stereocenters. The molecule has 4 heteroatoms. The van der Waals surface area contributed by atoms with Crippen LogP contribution in [0.2, 0.25) is 0 Å². The minimum atomic E-state index is -0.706. The fraction of sp³-hybridized carbons (Fsp3) is 0.333. The molecule has 0 heterocycles. The summed E-state index contributed by atoms with van der Waals surface area (Å²) in [6, 6.07) is 2.93. The highest BCUT2D eigenvalue weighted by atomic mass is 19.1. The number of aliphatic hydroxyl groups excluding tert-OH is 1. The Morgan fingerprint density at radius 3 is 2.77 bits per heavy atom. The van der Waals surface area contributed by atoms with E-state index in [0.717, 1.165) is 18.2 Å². The Morgan fingerprint density at radius 1 is 1.46 bits per heavy atom. The fourth-order valence-corrected chi connectivity index (χ4v) is 0.798. The van der Waals surface area contributed by atoms with Crippen LogP contribution in [0, 0.1) is 11.6 Å². The van der Waals surface area contributed by atoms with E-state index in [0.29, 0.717) is 0 Å². The zero-order valence-corrected chi connectivity index (χ0v) is 7.13. The van der Waals surface area contributed by atoms with Gasteiger partial charge in [-0.15, -0.1) is 0 Å². The molecule has 1 atom stereocenters. The summed E-state index contributed by atoms with van der Waals surface area (Å²) >= 11 is 0. The first-order valence-electron chi connectivity index (χ1n) is 3.85. The van der Waals surface area contributed by atoms with Crippen molar-refractivity contribution in [1.29, 1.82) is 0 Å². The van der Waals surface area contributed by atoms with Gasteiger partial charge in [0.1, 0.15) is 12.4 Å². The predicted molar refractivity (Wildman–Crippen MR) is 43.5 cm³/mol. The molecule has 0 aliphatic heterocycles. The highest BCUT2D eigenvalue weighted by molar-refractivity contribution is 5.24. The standard InChI is InChI=1S/C9H10F2O2/c1-6(12)5-13-9-4-7(10)2-3-8(9)11/h2-4,6,12H,5H2,1H3/t6-/m1/s1. The quantitative estimate of drug-likeness (QED) is 0.782. The van der Waals surface area contributed by atoms with Gasteiger partial charge >= 0.3 is 0 Å². The van der Waals surface area contributed by atoms with Crippen LogP contribution in [-0.4, -0.2) is 17.8 Å². The normalized spacial score (nSPS) is 12.6. The maximum absolute atomic E-state index is 12.8. The summed E-state index contributed by atoms with van der Waals surface area (Å²) in [5.41, 5.74) is 0. The zero-order valence-electron chi connectivity index (χ0n) is 7.13. The molecule has 2 nitrogen and oxygen atoms in total. The van der Waals surface area contributed by atoms with Gasteiger partial charge in [-0.2, -0.15) is 0 Å². The van der Waals surface area contributed by atoms with Gasteiger partial charge in [-0.25, -0.2) is 8.78 Å². The molecule has 0 saturated carbocycles. The molecule has 1 rings (SSSR count). The van der Waals surface area contributed by atoms with E-state index in [9.17, 15) is 8.78 Å². The first kappa shape index (κ1) is 9.92. The summed E-state index contributed by atoms with van der Waals surface area (Å²) in [4.78, 5) is 0. The van der Waals surface area contributed by atoms with Crippen LogP contribution in [-0.2, 0) is 0 Å². The predicted octanol–water partition coefficient (Wildman–Crippen LogP) is 1.72. The molecule has 0 aliphatic rings. The number of halogens is 2. The number of benzene rings is 1. The molecule has 0 bridgehead atoms. The number of ether oxygens (including phenoxy) is 1. The molecule has 0 saturated heterocycles. The van der Waals surface area contributed by atoms with Crippen molar-refractivity contribution >= 4 is 0 Å². The van der Waals surface area contributed by atoms with Crippen LogP contribution in [0.5, 0.6) is 5.75 Å². The van der Waals surface area contributed by atoms with E-state index in [-0.39, 0.29) is 12.4 Å². The van der Waals surface area contributed by atoms with Crippen LogP contribution in [0.25, 0.3) is 0 Å². The summed E-state index contributed by atoms with van der Waals surface area (Å²) in [6.45, 7) is 1.44. The minimum Gasteiger partial charge on any atom is -0.488 e. The lowest BCUT2D eigenvalue weighted by atomic mass is 10.3. The highest BCUT2D eigenvalue weighted by Gasteiger charge is 2.05. The Labute approximate surface area is 74.8 Å². The molecule has 0 aromatic heterocycles. The van der Waals surface area contributed by atoms with Crippen LogP contribution in [0.4, 0.5) is 8.78 Å². The first-order chi connectivity index (χ1) is 6.09. The Morgan fingerprint density at radius 2 is 2.15 bits per heavy atom. The molecule has 0 aliphatic carbocycles.